The molecule has 50 heteroatoms. The summed E-state index contributed by atoms with van der Waals surface area (Å²) >= 11 is 36.7. The van der Waals surface area contributed by atoms with Gasteiger partial charge in [0.15, 0.2) is 19.7 Å². The SMILES string of the molecule is CC(=O)Nc1cc(-c2cnc(Cl)c(CS(=O)(=O)c3ccc(Cl)cc3Cl)c2C)ccn1.CC(=O)Nc1cc(-c2cnc(Cl)c(CS(=O)(=O)c3ccccc3Cl)c2C)ccn1.COC(=O)Nc1cc(-c2cnc(C)c(NS(=O)(=O)N(C)C)c2)ccn1.Cc1ncc(-c2ccnc(Nc3ccncn3)c2)cc1NS(=O)(=O)c1ccc(F)cc1F.Cc1nccc(Nc2cc(-c3cnc(Cl)c(S(=O)(=O)NC45CC(C4)C5)c3)ccn2)n1. The molecule has 3 amide bonds. The fourth-order valence-corrected chi connectivity index (χ4v) is 23.3. The molecule has 3 aliphatic carbocycles. The monoisotopic (exact) mass is 2190 g/mol. The molecule has 18 rings (SSSR count). The Kier molecular flexibility index (Phi) is 35.2. The zero-order valence-electron chi connectivity index (χ0n) is 78.5. The Morgan fingerprint density at radius 3 is 1.36 bits per heavy atom. The Hall–Kier alpha value is -14.0. The predicted octanol–water partition coefficient (Wildman–Crippen LogP) is 19.4. The molecule has 146 heavy (non-hydrogen) atoms. The lowest BCUT2D eigenvalue weighted by Gasteiger charge is -2.61. The standard InChI is InChI=1S/C21H16F2N6O2S.C20H16Cl3N3O3S.C20H17Cl2N3O3S.C20H19ClN6O2S.C15H19N5O4S/c1-13-18(29-32(30,31)19-3-2-16(22)10-17(19)23)8-15(11-26-13)14-4-7-25-21(9-14)28-20-5-6-24-12-27-20;1-11-15(13-5-6-24-19(7-13)26-12(2)27)9-25-20(23)16(11)10-30(28,29)18-4-3-14(21)8-17(18)22;1-12-15(14-7-8-23-19(9-14)25-13(2)26)10-24-20(22)16(12)11-29(27,28)18-6-4-3-5-17(18)21;1-12-22-5-3-17(25-12)26-18-7-14(2-4-23-18)15-6-16(19(21)24-11-15)30(28,29)27-20-8-13(9-20)10-20;1-10-13(19-25(22,23)20(2)3)7-12(9-17-10)11-5-6-16-14(8-11)18-15(21)24-4/h2-12,29H,1H3,(H,24,25,27,28);3-9H,10H2,1-2H3,(H,24,26,27);3-10H,11H2,1-2H3,(H,23,25,26);2-7,11,13,27H,8-10H2,1H3,(H,22,23,25,26);5-9,19H,1-4H3,(H,16,18,21). The molecular formula is C96H87Cl6F2N23O14S5. The van der Waals surface area contributed by atoms with Crippen LogP contribution in [-0.4, -0.2) is 161 Å². The fraction of sp³-hybridized carbons (Fsp3) is 0.177. The third-order valence-electron chi connectivity index (χ3n) is 22.0. The predicted molar refractivity (Wildman–Crippen MR) is 555 cm³/mol. The number of hydrogen-bond donors (Lipinski definition) is 8. The molecule has 756 valence electrons. The van der Waals surface area contributed by atoms with Crippen LogP contribution >= 0.6 is 69.6 Å². The van der Waals surface area contributed by atoms with Gasteiger partial charge in [-0.05, 0) is 232 Å². The van der Waals surface area contributed by atoms with Gasteiger partial charge in [-0.1, -0.05) is 81.7 Å². The van der Waals surface area contributed by atoms with Crippen LogP contribution in [0.2, 0.25) is 30.5 Å². The van der Waals surface area contributed by atoms with E-state index in [-0.39, 0.29) is 74.7 Å². The van der Waals surface area contributed by atoms with E-state index in [1.54, 1.807) is 206 Å². The van der Waals surface area contributed by atoms with E-state index in [4.69, 9.17) is 69.6 Å². The molecule has 15 aromatic rings. The minimum atomic E-state index is -4.30. The molecule has 2 bridgehead atoms. The number of nitrogens with one attached hydrogen (secondary N) is 8. The van der Waals surface area contributed by atoms with Crippen LogP contribution in [0.25, 0.3) is 55.6 Å². The van der Waals surface area contributed by atoms with Crippen LogP contribution in [-0.2, 0) is 75.8 Å². The van der Waals surface area contributed by atoms with Gasteiger partial charge in [0, 0.05) is 158 Å². The molecule has 0 unspecified atom stereocenters. The minimum absolute atomic E-state index is 0.0101. The van der Waals surface area contributed by atoms with Crippen molar-refractivity contribution in [2.45, 2.75) is 104 Å². The molecular weight excluding hydrogens is 2110 g/mol. The minimum Gasteiger partial charge on any atom is -0.453 e. The first-order valence-electron chi connectivity index (χ1n) is 43.2. The number of aromatic nitrogens is 14. The highest BCUT2D eigenvalue weighted by molar-refractivity contribution is 7.93. The van der Waals surface area contributed by atoms with E-state index in [9.17, 15) is 65.3 Å². The first-order chi connectivity index (χ1) is 69.1. The van der Waals surface area contributed by atoms with E-state index in [0.717, 1.165) is 46.8 Å². The number of pyridine rings is 10. The topological polar surface area (TPSA) is 511 Å². The van der Waals surface area contributed by atoms with Crippen molar-refractivity contribution in [2.75, 3.05) is 57.2 Å². The average Bonchev–Trinajstić information content (AvgIpc) is 0.713. The second kappa shape index (κ2) is 47.0. The van der Waals surface area contributed by atoms with E-state index in [0.29, 0.717) is 147 Å². The van der Waals surface area contributed by atoms with Crippen LogP contribution in [0, 0.1) is 52.2 Å². The number of hydrogen-bond acceptors (Lipinski definition) is 30. The number of methoxy groups -OCH3 is 1. The maximum absolute atomic E-state index is 14.0. The molecule has 0 radical (unpaired) electrons. The maximum Gasteiger partial charge on any atom is 0.412 e. The van der Waals surface area contributed by atoms with Gasteiger partial charge in [0.25, 0.3) is 10.0 Å². The number of rotatable bonds is 27. The summed E-state index contributed by atoms with van der Waals surface area (Å²) in [5.74, 6) is 1.34. The summed E-state index contributed by atoms with van der Waals surface area (Å²) in [5.41, 5.74) is 10.1. The molecule has 3 aromatic carbocycles. The van der Waals surface area contributed by atoms with Crippen molar-refractivity contribution < 1.29 is 70.0 Å². The molecule has 0 atom stereocenters. The van der Waals surface area contributed by atoms with Crippen molar-refractivity contribution in [3.05, 3.63) is 314 Å². The highest BCUT2D eigenvalue weighted by Gasteiger charge is 2.58. The summed E-state index contributed by atoms with van der Waals surface area (Å²) in [5, 5.41) is 14.5. The number of carbonyl (C=O) groups excluding carboxylic acids is 3. The summed E-state index contributed by atoms with van der Waals surface area (Å²) in [6.45, 7) is 11.4. The summed E-state index contributed by atoms with van der Waals surface area (Å²) in [7, 11) is -15.1. The van der Waals surface area contributed by atoms with Gasteiger partial charge in [-0.3, -0.25) is 34.3 Å². The largest absolute Gasteiger partial charge is 0.453 e. The number of aryl methyl sites for hydroxylation is 3. The number of ether oxygens (including phenoxy) is 1. The van der Waals surface area contributed by atoms with Crippen LogP contribution in [0.1, 0.15) is 72.6 Å². The smallest absolute Gasteiger partial charge is 0.412 e. The number of amides is 3. The summed E-state index contributed by atoms with van der Waals surface area (Å²) < 4.78 is 167. The summed E-state index contributed by atoms with van der Waals surface area (Å²) in [4.78, 5) is 91.2. The van der Waals surface area contributed by atoms with Crippen molar-refractivity contribution in [1.29, 1.82) is 0 Å². The van der Waals surface area contributed by atoms with Crippen LogP contribution in [0.4, 0.5) is 65.7 Å². The van der Waals surface area contributed by atoms with E-state index in [1.807, 2.05) is 0 Å². The zero-order valence-corrected chi connectivity index (χ0v) is 87.2. The number of anilines is 9. The van der Waals surface area contributed by atoms with Crippen molar-refractivity contribution in [1.82, 2.24) is 78.8 Å². The first kappa shape index (κ1) is 109. The molecule has 8 N–H and O–H groups in total. The number of nitrogens with zero attached hydrogens (tertiary/aromatic N) is 15. The zero-order chi connectivity index (χ0) is 105. The van der Waals surface area contributed by atoms with E-state index in [1.165, 1.54) is 77.9 Å². The molecule has 12 aromatic heterocycles. The number of benzene rings is 3. The summed E-state index contributed by atoms with van der Waals surface area (Å²) in [6.07, 6.45) is 22.4. The molecule has 3 fully saturated rings. The van der Waals surface area contributed by atoms with E-state index < -0.39 is 72.6 Å². The maximum atomic E-state index is 14.0. The molecule has 3 aliphatic rings. The number of sulfone groups is 2. The van der Waals surface area contributed by atoms with Crippen molar-refractivity contribution in [3.63, 3.8) is 0 Å². The van der Waals surface area contributed by atoms with Crippen LogP contribution in [0.15, 0.2) is 252 Å². The Labute approximate surface area is 868 Å². The fourth-order valence-electron chi connectivity index (χ4n) is 14.6. The van der Waals surface area contributed by atoms with Gasteiger partial charge in [-0.15, -0.1) is 0 Å². The van der Waals surface area contributed by atoms with E-state index in [2.05, 4.69) is 115 Å². The molecule has 0 spiro atoms. The van der Waals surface area contributed by atoms with Gasteiger partial charge in [-0.2, -0.15) is 12.7 Å². The molecule has 3 saturated carbocycles. The lowest BCUT2D eigenvalue weighted by Crippen LogP contribution is -2.67. The van der Waals surface area contributed by atoms with Crippen molar-refractivity contribution >= 4 is 190 Å². The summed E-state index contributed by atoms with van der Waals surface area (Å²) in [6, 6.07) is 38.2. The molecule has 0 aliphatic heterocycles. The number of carbonyl (C=O) groups is 3. The van der Waals surface area contributed by atoms with Crippen molar-refractivity contribution in [3.8, 4) is 55.6 Å². The lowest BCUT2D eigenvalue weighted by atomic mass is 9.50. The normalized spacial score (nSPS) is 13.5. The quantitative estimate of drug-likeness (QED) is 0.0222. The molecule has 12 heterocycles. The van der Waals surface area contributed by atoms with Crippen LogP contribution in [0.5, 0.6) is 0 Å². The van der Waals surface area contributed by atoms with Gasteiger partial charge in [0.2, 0.25) is 21.8 Å². The van der Waals surface area contributed by atoms with Crippen LogP contribution < -0.4 is 40.8 Å². The van der Waals surface area contributed by atoms with Gasteiger partial charge >= 0.3 is 16.3 Å². The Balaban J connectivity index is 0.000000153. The Bertz CT molecular complexity index is 8130. The van der Waals surface area contributed by atoms with Crippen LogP contribution in [0.3, 0.4) is 0 Å². The highest BCUT2D eigenvalue weighted by Crippen LogP contribution is 2.57. The van der Waals surface area contributed by atoms with Crippen molar-refractivity contribution in [2.24, 2.45) is 5.92 Å². The van der Waals surface area contributed by atoms with E-state index >= 15 is 0 Å². The van der Waals surface area contributed by atoms with Gasteiger partial charge in [-0.25, -0.2) is 112 Å². The van der Waals surface area contributed by atoms with Gasteiger partial charge < -0.3 is 26.0 Å². The second-order valence-corrected chi connectivity index (χ2v) is 44.2. The third-order valence-corrected chi connectivity index (χ3v) is 32.0. The Morgan fingerprint density at radius 2 is 0.877 bits per heavy atom. The van der Waals surface area contributed by atoms with Gasteiger partial charge in [0.1, 0.15) is 89.8 Å². The average molecular weight is 2200 g/mol. The second-order valence-electron chi connectivity index (χ2n) is 32.8. The number of halogens is 8. The molecule has 37 nitrogen and oxygen atoms in total. The molecule has 0 saturated heterocycles. The Morgan fingerprint density at radius 1 is 0.425 bits per heavy atom. The first-order valence-corrected chi connectivity index (χ1v) is 53.2. The highest BCUT2D eigenvalue weighted by atomic mass is 35.5. The third kappa shape index (κ3) is 28.2. The lowest BCUT2D eigenvalue weighted by molar-refractivity contribution is -0.115. The van der Waals surface area contributed by atoms with Gasteiger partial charge in [0.05, 0.1) is 61.2 Å². The number of sulfonamides is 2.